The summed E-state index contributed by atoms with van der Waals surface area (Å²) in [5.41, 5.74) is 3.02. The fourth-order valence-electron chi connectivity index (χ4n) is 3.37. The quantitative estimate of drug-likeness (QED) is 0.475. The fourth-order valence-corrected chi connectivity index (χ4v) is 3.63. The zero-order chi connectivity index (χ0) is 22.9. The van der Waals surface area contributed by atoms with Crippen LogP contribution in [-0.2, 0) is 22.6 Å². The molecule has 1 atom stereocenters. The Bertz CT molecular complexity index is 1020. The van der Waals surface area contributed by atoms with Gasteiger partial charge in [-0.1, -0.05) is 76.1 Å². The summed E-state index contributed by atoms with van der Waals surface area (Å²) < 4.78 is 6.70. The van der Waals surface area contributed by atoms with Crippen LogP contribution in [0.2, 0.25) is 0 Å². The molecule has 0 aliphatic carbocycles. The maximum atomic E-state index is 13.3. The number of likely N-dealkylation sites (N-methyl/N-ethyl adjacent to an activating group) is 1. The van der Waals surface area contributed by atoms with Crippen molar-refractivity contribution < 1.29 is 14.3 Å². The number of nitrogens with zero attached hydrogens (tertiary/aromatic N) is 1. The Balaban J connectivity index is 1.85. The Labute approximate surface area is 197 Å². The molecule has 5 nitrogen and oxygen atoms in total. The molecule has 3 aromatic carbocycles. The van der Waals surface area contributed by atoms with Crippen molar-refractivity contribution in [3.05, 3.63) is 100 Å². The second kappa shape index (κ2) is 11.5. The number of carbonyl (C=O) groups is 2. The van der Waals surface area contributed by atoms with Gasteiger partial charge in [0, 0.05) is 24.5 Å². The molecule has 0 unspecified atom stereocenters. The van der Waals surface area contributed by atoms with E-state index < -0.39 is 6.04 Å². The molecule has 2 amide bonds. The normalized spacial score (nSPS) is 11.5. The second-order valence-corrected chi connectivity index (χ2v) is 8.49. The lowest BCUT2D eigenvalue weighted by atomic mass is 10.0. The van der Waals surface area contributed by atoms with E-state index in [0.717, 1.165) is 21.2 Å². The van der Waals surface area contributed by atoms with E-state index in [1.165, 1.54) is 0 Å². The fraction of sp³-hybridized carbons (Fsp3) is 0.231. The third-order valence-corrected chi connectivity index (χ3v) is 5.70. The summed E-state index contributed by atoms with van der Waals surface area (Å²) in [6.07, 6.45) is 0.410. The van der Waals surface area contributed by atoms with Gasteiger partial charge in [0.15, 0.2) is 6.61 Å². The number of nitrogens with one attached hydrogen (secondary N) is 1. The average molecular weight is 495 g/mol. The molecule has 0 aliphatic heterocycles. The van der Waals surface area contributed by atoms with Crippen molar-refractivity contribution in [1.29, 1.82) is 0 Å². The number of ether oxygens (including phenoxy) is 1. The lowest BCUT2D eigenvalue weighted by Gasteiger charge is -2.31. The Morgan fingerprint density at radius 1 is 0.938 bits per heavy atom. The van der Waals surface area contributed by atoms with Crippen LogP contribution in [0, 0.1) is 6.92 Å². The molecule has 0 bridgehead atoms. The van der Waals surface area contributed by atoms with Crippen molar-refractivity contribution in [2.45, 2.75) is 25.9 Å². The zero-order valence-corrected chi connectivity index (χ0v) is 19.8. The molecular weight excluding hydrogens is 468 g/mol. The number of halogens is 1. The molecule has 0 aromatic heterocycles. The van der Waals surface area contributed by atoms with Crippen LogP contribution in [0.5, 0.6) is 5.75 Å². The molecule has 3 rings (SSSR count). The third-order valence-electron chi connectivity index (χ3n) is 5.17. The summed E-state index contributed by atoms with van der Waals surface area (Å²) in [4.78, 5) is 27.8. The number of hydrogen-bond acceptors (Lipinski definition) is 3. The number of hydrogen-bond donors (Lipinski definition) is 1. The second-order valence-electron chi connectivity index (χ2n) is 7.57. The number of aryl methyl sites for hydroxylation is 1. The molecule has 0 radical (unpaired) electrons. The van der Waals surface area contributed by atoms with Gasteiger partial charge in [-0.15, -0.1) is 0 Å². The predicted octanol–water partition coefficient (Wildman–Crippen LogP) is 4.52. The molecule has 0 saturated carbocycles. The number of amides is 2. The summed E-state index contributed by atoms with van der Waals surface area (Å²) in [6.45, 7) is 2.14. The summed E-state index contributed by atoms with van der Waals surface area (Å²) in [5.74, 6) is 0.153. The minimum Gasteiger partial charge on any atom is -0.484 e. The van der Waals surface area contributed by atoms with Crippen molar-refractivity contribution in [2.24, 2.45) is 0 Å². The molecule has 3 aromatic rings. The first-order valence-corrected chi connectivity index (χ1v) is 11.2. The van der Waals surface area contributed by atoms with E-state index >= 15 is 0 Å². The lowest BCUT2D eigenvalue weighted by molar-refractivity contribution is -0.142. The molecular formula is C26H27BrN2O3. The van der Waals surface area contributed by atoms with Gasteiger partial charge in [-0.05, 0) is 42.3 Å². The highest BCUT2D eigenvalue weighted by atomic mass is 79.9. The molecule has 32 heavy (non-hydrogen) atoms. The van der Waals surface area contributed by atoms with E-state index in [2.05, 4.69) is 21.2 Å². The molecule has 0 spiro atoms. The topological polar surface area (TPSA) is 58.6 Å². The molecule has 6 heteroatoms. The van der Waals surface area contributed by atoms with Gasteiger partial charge in [-0.25, -0.2) is 0 Å². The highest BCUT2D eigenvalue weighted by Crippen LogP contribution is 2.18. The Morgan fingerprint density at radius 3 is 2.22 bits per heavy atom. The lowest BCUT2D eigenvalue weighted by Crippen LogP contribution is -2.51. The van der Waals surface area contributed by atoms with E-state index in [1.54, 1.807) is 11.9 Å². The monoisotopic (exact) mass is 494 g/mol. The smallest absolute Gasteiger partial charge is 0.261 e. The highest BCUT2D eigenvalue weighted by molar-refractivity contribution is 9.10. The van der Waals surface area contributed by atoms with Gasteiger partial charge in [-0.2, -0.15) is 0 Å². The van der Waals surface area contributed by atoms with E-state index in [0.29, 0.717) is 18.7 Å². The van der Waals surface area contributed by atoms with Crippen LogP contribution in [0.1, 0.15) is 16.7 Å². The van der Waals surface area contributed by atoms with Gasteiger partial charge >= 0.3 is 0 Å². The predicted molar refractivity (Wildman–Crippen MR) is 129 cm³/mol. The Kier molecular flexibility index (Phi) is 8.45. The molecule has 0 fully saturated rings. The number of benzene rings is 3. The zero-order valence-electron chi connectivity index (χ0n) is 18.3. The first-order chi connectivity index (χ1) is 15.5. The van der Waals surface area contributed by atoms with Crippen LogP contribution < -0.4 is 10.1 Å². The van der Waals surface area contributed by atoms with Crippen LogP contribution in [-0.4, -0.2) is 36.4 Å². The van der Waals surface area contributed by atoms with Crippen LogP contribution in [0.4, 0.5) is 0 Å². The largest absolute Gasteiger partial charge is 0.484 e. The molecule has 0 aliphatic rings. The third kappa shape index (κ3) is 6.69. The van der Waals surface area contributed by atoms with Crippen molar-refractivity contribution in [2.75, 3.05) is 13.7 Å². The number of carbonyl (C=O) groups excluding carboxylic acids is 2. The Morgan fingerprint density at radius 2 is 1.59 bits per heavy atom. The van der Waals surface area contributed by atoms with E-state index in [4.69, 9.17) is 4.74 Å². The molecule has 0 heterocycles. The molecule has 166 valence electrons. The highest BCUT2D eigenvalue weighted by Gasteiger charge is 2.30. The summed E-state index contributed by atoms with van der Waals surface area (Å²) in [7, 11) is 1.59. The van der Waals surface area contributed by atoms with Crippen molar-refractivity contribution in [3.8, 4) is 5.75 Å². The van der Waals surface area contributed by atoms with Gasteiger partial charge in [-0.3, -0.25) is 9.59 Å². The summed E-state index contributed by atoms with van der Waals surface area (Å²) >= 11 is 3.44. The maximum Gasteiger partial charge on any atom is 0.261 e. The van der Waals surface area contributed by atoms with Crippen LogP contribution in [0.25, 0.3) is 0 Å². The van der Waals surface area contributed by atoms with Gasteiger partial charge < -0.3 is 15.0 Å². The minimum absolute atomic E-state index is 0.151. The molecule has 1 N–H and O–H groups in total. The van der Waals surface area contributed by atoms with E-state index in [9.17, 15) is 9.59 Å². The first-order valence-electron chi connectivity index (χ1n) is 10.4. The van der Waals surface area contributed by atoms with E-state index in [1.807, 2.05) is 85.8 Å². The number of rotatable bonds is 9. The van der Waals surface area contributed by atoms with Gasteiger partial charge in [0.25, 0.3) is 5.91 Å². The van der Waals surface area contributed by atoms with Gasteiger partial charge in [0.2, 0.25) is 5.91 Å². The van der Waals surface area contributed by atoms with Crippen LogP contribution in [0.3, 0.4) is 0 Å². The van der Waals surface area contributed by atoms with Gasteiger partial charge in [0.1, 0.15) is 11.8 Å². The first kappa shape index (κ1) is 23.5. The molecule has 0 saturated heterocycles. The summed E-state index contributed by atoms with van der Waals surface area (Å²) in [6, 6.07) is 24.3. The van der Waals surface area contributed by atoms with Crippen LogP contribution in [0.15, 0.2) is 83.3 Å². The standard InChI is InChI=1S/C26H27BrN2O3/c1-19-8-14-23(15-9-19)32-18-25(30)29(17-21-10-12-22(27)13-11-21)24(26(31)28-2)16-20-6-4-3-5-7-20/h3-15,24H,16-18H2,1-2H3,(H,28,31)/t24-/m0/s1. The van der Waals surface area contributed by atoms with E-state index in [-0.39, 0.29) is 18.4 Å². The average Bonchev–Trinajstić information content (AvgIpc) is 2.82. The summed E-state index contributed by atoms with van der Waals surface area (Å²) in [5, 5.41) is 2.71. The Hall–Kier alpha value is -3.12. The SMILES string of the molecule is CNC(=O)[C@H](Cc1ccccc1)N(Cc1ccc(Br)cc1)C(=O)COc1ccc(C)cc1. The van der Waals surface area contributed by atoms with Crippen LogP contribution >= 0.6 is 15.9 Å². The van der Waals surface area contributed by atoms with Crippen molar-refractivity contribution in [1.82, 2.24) is 10.2 Å². The maximum absolute atomic E-state index is 13.3. The van der Waals surface area contributed by atoms with Gasteiger partial charge in [0.05, 0.1) is 0 Å². The van der Waals surface area contributed by atoms with Crippen molar-refractivity contribution in [3.63, 3.8) is 0 Å². The van der Waals surface area contributed by atoms with Crippen molar-refractivity contribution >= 4 is 27.7 Å². The minimum atomic E-state index is -0.667.